The molecule has 3 N–H and O–H groups in total. The lowest BCUT2D eigenvalue weighted by molar-refractivity contribution is -0.162. The molecule has 3 fully saturated rings. The van der Waals surface area contributed by atoms with E-state index in [2.05, 4.69) is 32.2 Å². The van der Waals surface area contributed by atoms with Crippen LogP contribution in [-0.4, -0.2) is 45.7 Å². The molecule has 6 atom stereocenters. The number of esters is 1. The molecule has 0 amide bonds. The molecule has 5 heteroatoms. The Labute approximate surface area is 217 Å². The Morgan fingerprint density at radius 2 is 1.92 bits per heavy atom. The SMILES string of the molecule is C=C(/C=C/[C@@H](O)C(C)(C)C(=O)OC(C)C)[C@H]1CC[C@H]2/C(=C/C=C3/C[C@@H](O)C[C@H](O)C3=C)CCC[C@]12C. The van der Waals surface area contributed by atoms with E-state index in [9.17, 15) is 20.1 Å². The van der Waals surface area contributed by atoms with Crippen LogP contribution in [0.3, 0.4) is 0 Å². The summed E-state index contributed by atoms with van der Waals surface area (Å²) in [5.41, 5.74) is 3.13. The van der Waals surface area contributed by atoms with Gasteiger partial charge in [0.05, 0.1) is 29.8 Å². The molecule has 0 saturated heterocycles. The minimum absolute atomic E-state index is 0.0870. The lowest BCUT2D eigenvalue weighted by Crippen LogP contribution is -2.38. The van der Waals surface area contributed by atoms with Gasteiger partial charge in [0.25, 0.3) is 0 Å². The van der Waals surface area contributed by atoms with Gasteiger partial charge in [0, 0.05) is 6.42 Å². The van der Waals surface area contributed by atoms with Crippen molar-refractivity contribution in [1.82, 2.24) is 0 Å². The van der Waals surface area contributed by atoms with E-state index in [0.29, 0.717) is 24.7 Å². The summed E-state index contributed by atoms with van der Waals surface area (Å²) in [7, 11) is 0. The maximum absolute atomic E-state index is 12.4. The number of ether oxygens (including phenoxy) is 1. The third-order valence-electron chi connectivity index (χ3n) is 8.78. The largest absolute Gasteiger partial charge is 0.462 e. The maximum Gasteiger partial charge on any atom is 0.314 e. The molecule has 0 heterocycles. The summed E-state index contributed by atoms with van der Waals surface area (Å²) in [5.74, 6) is 0.346. The zero-order valence-corrected chi connectivity index (χ0v) is 22.8. The Balaban J connectivity index is 1.73. The molecular formula is C31H46O5. The number of carbonyl (C=O) groups is 1. The van der Waals surface area contributed by atoms with E-state index in [1.54, 1.807) is 33.8 Å². The molecular weight excluding hydrogens is 452 g/mol. The van der Waals surface area contributed by atoms with Gasteiger partial charge in [-0.15, -0.1) is 0 Å². The normalized spacial score (nSPS) is 34.4. The molecule has 5 nitrogen and oxygen atoms in total. The summed E-state index contributed by atoms with van der Waals surface area (Å²) in [6.45, 7) is 17.8. The van der Waals surface area contributed by atoms with Crippen molar-refractivity contribution < 1.29 is 24.9 Å². The Bertz CT molecular complexity index is 952. The molecule has 0 aromatic rings. The first-order valence-electron chi connectivity index (χ1n) is 13.5. The Kier molecular flexibility index (Phi) is 8.91. The van der Waals surface area contributed by atoms with Gasteiger partial charge in [-0.05, 0) is 94.6 Å². The molecule has 0 spiro atoms. The fourth-order valence-electron chi connectivity index (χ4n) is 6.37. The van der Waals surface area contributed by atoms with Gasteiger partial charge in [0.15, 0.2) is 0 Å². The molecule has 0 unspecified atom stereocenters. The number of aliphatic hydroxyl groups excluding tert-OH is 3. The molecule has 3 rings (SSSR count). The van der Waals surface area contributed by atoms with Gasteiger partial charge in [-0.25, -0.2) is 0 Å². The van der Waals surface area contributed by atoms with Gasteiger partial charge in [0.2, 0.25) is 0 Å². The van der Waals surface area contributed by atoms with Crippen LogP contribution in [0, 0.1) is 22.7 Å². The predicted octanol–water partition coefficient (Wildman–Crippen LogP) is 5.58. The van der Waals surface area contributed by atoms with E-state index < -0.39 is 29.7 Å². The maximum atomic E-state index is 12.4. The van der Waals surface area contributed by atoms with Crippen LogP contribution in [0.1, 0.15) is 79.6 Å². The van der Waals surface area contributed by atoms with Gasteiger partial charge in [-0.2, -0.15) is 0 Å². The van der Waals surface area contributed by atoms with Gasteiger partial charge in [-0.3, -0.25) is 4.79 Å². The summed E-state index contributed by atoms with van der Waals surface area (Å²) in [4.78, 5) is 12.4. The average molecular weight is 499 g/mol. The van der Waals surface area contributed by atoms with Crippen molar-refractivity contribution in [3.8, 4) is 0 Å². The van der Waals surface area contributed by atoms with Crippen LogP contribution in [-0.2, 0) is 9.53 Å². The minimum atomic E-state index is -1.04. The standard InChI is InChI=1S/C31H46O5/c1-19(2)36-29(35)30(5,6)28(34)15-10-20(3)25-13-14-26-22(9-8-16-31(25,26)7)11-12-23-17-24(32)18-27(33)21(23)4/h10-12,15,19,24-28,32-34H,3-4,8-9,13-14,16-18H2,1-2,5-7H3/b15-10+,22-11+,23-12-/t24-,25-,26+,27+,28-,31-/m1/s1. The first-order chi connectivity index (χ1) is 16.8. The fourth-order valence-corrected chi connectivity index (χ4v) is 6.37. The lowest BCUT2D eigenvalue weighted by Gasteiger charge is -2.42. The summed E-state index contributed by atoms with van der Waals surface area (Å²) in [6.07, 6.45) is 11.8. The number of hydrogen-bond acceptors (Lipinski definition) is 5. The van der Waals surface area contributed by atoms with E-state index in [1.165, 1.54) is 5.57 Å². The van der Waals surface area contributed by atoms with Crippen LogP contribution >= 0.6 is 0 Å². The van der Waals surface area contributed by atoms with E-state index in [-0.39, 0.29) is 11.5 Å². The molecule has 0 bridgehead atoms. The van der Waals surface area contributed by atoms with E-state index in [1.807, 2.05) is 6.08 Å². The summed E-state index contributed by atoms with van der Waals surface area (Å²) in [5, 5.41) is 31.0. The monoisotopic (exact) mass is 498 g/mol. The van der Waals surface area contributed by atoms with Crippen LogP contribution < -0.4 is 0 Å². The molecule has 200 valence electrons. The van der Waals surface area contributed by atoms with Crippen LogP contribution in [0.25, 0.3) is 0 Å². The van der Waals surface area contributed by atoms with Gasteiger partial charge < -0.3 is 20.1 Å². The third-order valence-corrected chi connectivity index (χ3v) is 8.78. The molecule has 3 saturated carbocycles. The second kappa shape index (κ2) is 11.2. The highest BCUT2D eigenvalue weighted by atomic mass is 16.5. The molecule has 3 aliphatic rings. The third kappa shape index (κ3) is 5.95. The second-order valence-electron chi connectivity index (χ2n) is 12.2. The van der Waals surface area contributed by atoms with E-state index >= 15 is 0 Å². The smallest absolute Gasteiger partial charge is 0.314 e. The zero-order chi connectivity index (χ0) is 26.8. The van der Waals surface area contributed by atoms with Crippen LogP contribution in [0.4, 0.5) is 0 Å². The number of hydrogen-bond donors (Lipinski definition) is 3. The highest BCUT2D eigenvalue weighted by Crippen LogP contribution is 2.59. The Hall–Kier alpha value is -1.95. The minimum Gasteiger partial charge on any atom is -0.462 e. The molecule has 3 aliphatic carbocycles. The number of carbonyl (C=O) groups excluding carboxylic acids is 1. The number of aliphatic hydroxyl groups is 3. The van der Waals surface area contributed by atoms with Crippen molar-refractivity contribution in [1.29, 1.82) is 0 Å². The van der Waals surface area contributed by atoms with Crippen LogP contribution in [0.5, 0.6) is 0 Å². The summed E-state index contributed by atoms with van der Waals surface area (Å²) >= 11 is 0. The van der Waals surface area contributed by atoms with Crippen LogP contribution in [0.2, 0.25) is 0 Å². The van der Waals surface area contributed by atoms with E-state index in [4.69, 9.17) is 4.74 Å². The highest BCUT2D eigenvalue weighted by Gasteiger charge is 2.49. The molecule has 0 radical (unpaired) electrons. The molecule has 36 heavy (non-hydrogen) atoms. The van der Waals surface area contributed by atoms with Crippen molar-refractivity contribution in [3.05, 3.63) is 59.8 Å². The highest BCUT2D eigenvalue weighted by molar-refractivity contribution is 5.77. The van der Waals surface area contributed by atoms with Gasteiger partial charge in [0.1, 0.15) is 0 Å². The number of rotatable bonds is 7. The first-order valence-corrected chi connectivity index (χ1v) is 13.5. The number of allylic oxidation sites excluding steroid dienone is 5. The summed E-state index contributed by atoms with van der Waals surface area (Å²) < 4.78 is 5.33. The van der Waals surface area contributed by atoms with Crippen molar-refractivity contribution in [3.63, 3.8) is 0 Å². The fraction of sp³-hybridized carbons (Fsp3) is 0.645. The topological polar surface area (TPSA) is 87.0 Å². The molecule has 0 aromatic heterocycles. The predicted molar refractivity (Wildman–Crippen MR) is 144 cm³/mol. The average Bonchev–Trinajstić information content (AvgIpc) is 3.15. The lowest BCUT2D eigenvalue weighted by atomic mass is 9.62. The summed E-state index contributed by atoms with van der Waals surface area (Å²) in [6, 6.07) is 0. The quantitative estimate of drug-likeness (QED) is 0.315. The second-order valence-corrected chi connectivity index (χ2v) is 12.2. The number of fused-ring (bicyclic) bond motifs is 1. The first kappa shape index (κ1) is 28.6. The van der Waals surface area contributed by atoms with Gasteiger partial charge >= 0.3 is 5.97 Å². The Morgan fingerprint density at radius 3 is 2.58 bits per heavy atom. The van der Waals surface area contributed by atoms with Crippen molar-refractivity contribution >= 4 is 5.97 Å². The zero-order valence-electron chi connectivity index (χ0n) is 22.8. The van der Waals surface area contributed by atoms with Crippen molar-refractivity contribution in [2.75, 3.05) is 0 Å². The Morgan fingerprint density at radius 1 is 1.22 bits per heavy atom. The van der Waals surface area contributed by atoms with Gasteiger partial charge in [-0.1, -0.05) is 55.5 Å². The molecule has 0 aliphatic heterocycles. The molecule has 0 aromatic carbocycles. The van der Waals surface area contributed by atoms with Crippen molar-refractivity contribution in [2.24, 2.45) is 22.7 Å². The van der Waals surface area contributed by atoms with E-state index in [0.717, 1.165) is 48.8 Å². The van der Waals surface area contributed by atoms with Crippen LogP contribution in [0.15, 0.2) is 59.8 Å². The van der Waals surface area contributed by atoms with Crippen molar-refractivity contribution in [2.45, 2.75) is 104 Å².